The van der Waals surface area contributed by atoms with Crippen LogP contribution in [0.15, 0.2) is 22.7 Å². The number of thioether (sulfide) groups is 1. The van der Waals surface area contributed by atoms with E-state index in [1.54, 1.807) is 6.92 Å². The average molecular weight is 330 g/mol. The fourth-order valence-corrected chi connectivity index (χ4v) is 4.39. The van der Waals surface area contributed by atoms with Gasteiger partial charge in [-0.15, -0.1) is 0 Å². The van der Waals surface area contributed by atoms with Gasteiger partial charge >= 0.3 is 0 Å². The number of aliphatic hydroxyl groups excluding tert-OH is 1. The minimum absolute atomic E-state index is 0.412. The highest BCUT2D eigenvalue weighted by molar-refractivity contribution is 9.10. The second kappa shape index (κ2) is 5.85. The van der Waals surface area contributed by atoms with E-state index in [1.807, 2.05) is 12.1 Å². The van der Waals surface area contributed by atoms with Crippen molar-refractivity contribution in [2.24, 2.45) is 0 Å². The Kier molecular flexibility index (Phi) is 4.62. The summed E-state index contributed by atoms with van der Waals surface area (Å²) in [5.74, 6) is 0. The van der Waals surface area contributed by atoms with Crippen LogP contribution in [0.3, 0.4) is 0 Å². The summed E-state index contributed by atoms with van der Waals surface area (Å²) in [6, 6.07) is 6.15. The lowest BCUT2D eigenvalue weighted by Gasteiger charge is -2.36. The van der Waals surface area contributed by atoms with Crippen molar-refractivity contribution in [1.29, 1.82) is 0 Å². The van der Waals surface area contributed by atoms with E-state index in [0.29, 0.717) is 10.5 Å². The van der Waals surface area contributed by atoms with E-state index in [9.17, 15) is 5.11 Å². The molecule has 2 nitrogen and oxygen atoms in total. The molecule has 1 heterocycles. The molecule has 1 aromatic carbocycles. The zero-order chi connectivity index (χ0) is 13.3. The molecule has 18 heavy (non-hydrogen) atoms. The Hall–Kier alpha value is -0.190. The van der Waals surface area contributed by atoms with Gasteiger partial charge in [-0.05, 0) is 40.5 Å². The SMILES string of the molecule is CC1CN(c2ccc([C@H](C)O)cc2Br)CC(C)S1. The first-order chi connectivity index (χ1) is 8.47. The number of hydrogen-bond donors (Lipinski definition) is 1. The van der Waals surface area contributed by atoms with Gasteiger partial charge in [0.05, 0.1) is 11.8 Å². The number of anilines is 1. The van der Waals surface area contributed by atoms with Gasteiger partial charge in [-0.1, -0.05) is 19.9 Å². The van der Waals surface area contributed by atoms with Crippen LogP contribution in [0.5, 0.6) is 0 Å². The van der Waals surface area contributed by atoms with Gasteiger partial charge in [-0.25, -0.2) is 0 Å². The molecule has 0 spiro atoms. The van der Waals surface area contributed by atoms with Gasteiger partial charge in [0.15, 0.2) is 0 Å². The van der Waals surface area contributed by atoms with Gasteiger partial charge in [0.25, 0.3) is 0 Å². The molecule has 4 heteroatoms. The molecule has 1 N–H and O–H groups in total. The second-order valence-electron chi connectivity index (χ2n) is 5.05. The zero-order valence-corrected chi connectivity index (χ0v) is 13.5. The van der Waals surface area contributed by atoms with Crippen LogP contribution >= 0.6 is 27.7 Å². The van der Waals surface area contributed by atoms with Crippen molar-refractivity contribution in [3.63, 3.8) is 0 Å². The van der Waals surface area contributed by atoms with Crippen LogP contribution < -0.4 is 4.90 Å². The summed E-state index contributed by atoms with van der Waals surface area (Å²) in [4.78, 5) is 2.43. The molecule has 1 aliphatic heterocycles. The number of nitrogens with zero attached hydrogens (tertiary/aromatic N) is 1. The summed E-state index contributed by atoms with van der Waals surface area (Å²) < 4.78 is 1.08. The molecule has 100 valence electrons. The average Bonchev–Trinajstić information content (AvgIpc) is 2.27. The first-order valence-electron chi connectivity index (χ1n) is 6.35. The van der Waals surface area contributed by atoms with Crippen molar-refractivity contribution in [1.82, 2.24) is 0 Å². The maximum Gasteiger partial charge on any atom is 0.0762 e. The number of rotatable bonds is 2. The third-order valence-electron chi connectivity index (χ3n) is 3.21. The topological polar surface area (TPSA) is 23.5 Å². The first kappa shape index (κ1) is 14.2. The molecule has 2 unspecified atom stereocenters. The van der Waals surface area contributed by atoms with Gasteiger partial charge in [0.1, 0.15) is 0 Å². The maximum atomic E-state index is 9.60. The maximum absolute atomic E-state index is 9.60. The Morgan fingerprint density at radius 3 is 2.44 bits per heavy atom. The summed E-state index contributed by atoms with van der Waals surface area (Å²) in [6.45, 7) is 8.53. The van der Waals surface area contributed by atoms with Crippen molar-refractivity contribution in [3.8, 4) is 0 Å². The van der Waals surface area contributed by atoms with Crippen LogP contribution in [0, 0.1) is 0 Å². The first-order valence-corrected chi connectivity index (χ1v) is 8.09. The van der Waals surface area contributed by atoms with E-state index in [1.165, 1.54) is 5.69 Å². The third-order valence-corrected chi connectivity index (χ3v) is 5.08. The Balaban J connectivity index is 2.22. The lowest BCUT2D eigenvalue weighted by atomic mass is 10.1. The van der Waals surface area contributed by atoms with Crippen molar-refractivity contribution < 1.29 is 5.11 Å². The largest absolute Gasteiger partial charge is 0.389 e. The molecule has 1 aromatic rings. The quantitative estimate of drug-likeness (QED) is 0.891. The highest BCUT2D eigenvalue weighted by Crippen LogP contribution is 2.34. The number of aliphatic hydroxyl groups is 1. The standard InChI is InChI=1S/C14H20BrNOS/c1-9-7-16(8-10(2)18-9)14-5-4-12(11(3)17)6-13(14)15/h4-6,9-11,17H,7-8H2,1-3H3/t9?,10?,11-/m0/s1. The van der Waals surface area contributed by atoms with Crippen LogP contribution in [-0.4, -0.2) is 28.7 Å². The summed E-state index contributed by atoms with van der Waals surface area (Å²) in [5.41, 5.74) is 2.19. The molecule has 0 aromatic heterocycles. The Bertz CT molecular complexity index is 414. The highest BCUT2D eigenvalue weighted by Gasteiger charge is 2.23. The predicted octanol–water partition coefficient (Wildman–Crippen LogP) is 3.83. The molecule has 1 fully saturated rings. The monoisotopic (exact) mass is 329 g/mol. The molecule has 1 saturated heterocycles. The van der Waals surface area contributed by atoms with Crippen LogP contribution in [0.1, 0.15) is 32.4 Å². The second-order valence-corrected chi connectivity index (χ2v) is 7.79. The lowest BCUT2D eigenvalue weighted by Crippen LogP contribution is -2.40. The summed E-state index contributed by atoms with van der Waals surface area (Å²) in [6.07, 6.45) is -0.412. The van der Waals surface area contributed by atoms with E-state index in [2.05, 4.69) is 52.5 Å². The molecule has 2 rings (SSSR count). The number of hydrogen-bond acceptors (Lipinski definition) is 3. The molecule has 0 aliphatic carbocycles. The molecule has 0 saturated carbocycles. The normalized spacial score (nSPS) is 26.2. The van der Waals surface area contributed by atoms with E-state index < -0.39 is 6.10 Å². The van der Waals surface area contributed by atoms with Crippen LogP contribution in [0.2, 0.25) is 0 Å². The van der Waals surface area contributed by atoms with Crippen LogP contribution in [0.25, 0.3) is 0 Å². The lowest BCUT2D eigenvalue weighted by molar-refractivity contribution is 0.199. The molecule has 3 atom stereocenters. The van der Waals surface area contributed by atoms with E-state index in [-0.39, 0.29) is 0 Å². The fraction of sp³-hybridized carbons (Fsp3) is 0.571. The van der Waals surface area contributed by atoms with E-state index >= 15 is 0 Å². The van der Waals surface area contributed by atoms with Crippen molar-refractivity contribution in [3.05, 3.63) is 28.2 Å². The van der Waals surface area contributed by atoms with E-state index in [4.69, 9.17) is 0 Å². The van der Waals surface area contributed by atoms with Gasteiger partial charge in [0.2, 0.25) is 0 Å². The molecular formula is C14H20BrNOS. The minimum atomic E-state index is -0.412. The molecular weight excluding hydrogens is 310 g/mol. The summed E-state index contributed by atoms with van der Waals surface area (Å²) in [5, 5.41) is 10.9. The number of halogens is 1. The fourth-order valence-electron chi connectivity index (χ4n) is 2.41. The molecule has 0 bridgehead atoms. The molecule has 0 amide bonds. The number of benzene rings is 1. The molecule has 0 radical (unpaired) electrons. The van der Waals surface area contributed by atoms with Crippen molar-refractivity contribution in [2.75, 3.05) is 18.0 Å². The Morgan fingerprint density at radius 1 is 1.33 bits per heavy atom. The summed E-state index contributed by atoms with van der Waals surface area (Å²) >= 11 is 5.69. The smallest absolute Gasteiger partial charge is 0.0762 e. The predicted molar refractivity (Wildman–Crippen MR) is 83.5 cm³/mol. The molecule has 1 aliphatic rings. The van der Waals surface area contributed by atoms with Gasteiger partial charge in [-0.2, -0.15) is 11.8 Å². The van der Waals surface area contributed by atoms with Crippen LogP contribution in [0.4, 0.5) is 5.69 Å². The minimum Gasteiger partial charge on any atom is -0.389 e. The zero-order valence-electron chi connectivity index (χ0n) is 11.1. The van der Waals surface area contributed by atoms with Crippen molar-refractivity contribution in [2.45, 2.75) is 37.4 Å². The third kappa shape index (κ3) is 3.22. The van der Waals surface area contributed by atoms with Gasteiger partial charge < -0.3 is 10.0 Å². The summed E-state index contributed by atoms with van der Waals surface area (Å²) in [7, 11) is 0. The van der Waals surface area contributed by atoms with Crippen LogP contribution in [-0.2, 0) is 0 Å². The van der Waals surface area contributed by atoms with Gasteiger partial charge in [-0.3, -0.25) is 0 Å². The highest BCUT2D eigenvalue weighted by atomic mass is 79.9. The Morgan fingerprint density at radius 2 is 1.94 bits per heavy atom. The van der Waals surface area contributed by atoms with Gasteiger partial charge in [0, 0.05) is 28.1 Å². The van der Waals surface area contributed by atoms with E-state index in [0.717, 1.165) is 23.1 Å². The van der Waals surface area contributed by atoms with Crippen molar-refractivity contribution >= 4 is 33.4 Å². The Labute approximate surface area is 122 Å².